The smallest absolute Gasteiger partial charge is 0.234 e. The Balaban J connectivity index is 1.93. The molecule has 2 aliphatic heterocycles. The summed E-state index contributed by atoms with van der Waals surface area (Å²) in [6, 6.07) is 5.50. The Morgan fingerprint density at radius 2 is 2.23 bits per heavy atom. The molecular weight excluding hydrogens is 302 g/mol. The van der Waals surface area contributed by atoms with Gasteiger partial charge in [-0.05, 0) is 38.0 Å². The Morgan fingerprint density at radius 1 is 1.41 bits per heavy atom. The highest BCUT2D eigenvalue weighted by atomic mass is 35.5. The number of ether oxygens (including phenoxy) is 1. The van der Waals surface area contributed by atoms with Crippen molar-refractivity contribution in [2.75, 3.05) is 0 Å². The predicted molar refractivity (Wildman–Crippen MR) is 81.8 cm³/mol. The van der Waals surface area contributed by atoms with E-state index in [1.807, 2.05) is 12.1 Å². The molecule has 1 N–H and O–H groups in total. The van der Waals surface area contributed by atoms with Crippen molar-refractivity contribution in [3.05, 3.63) is 28.8 Å². The molecule has 4 nitrogen and oxygen atoms in total. The summed E-state index contributed by atoms with van der Waals surface area (Å²) in [5.74, 6) is -0.181. The van der Waals surface area contributed by atoms with Crippen LogP contribution in [0.2, 0.25) is 5.02 Å². The van der Waals surface area contributed by atoms with Crippen LogP contribution < -0.4 is 10.1 Å². The molecule has 0 radical (unpaired) electrons. The van der Waals surface area contributed by atoms with Gasteiger partial charge < -0.3 is 10.1 Å². The topological polar surface area (TPSA) is 55.4 Å². The van der Waals surface area contributed by atoms with Crippen molar-refractivity contribution >= 4 is 23.3 Å². The van der Waals surface area contributed by atoms with E-state index in [0.717, 1.165) is 37.0 Å². The number of amides is 1. The number of halogens is 1. The predicted octanol–water partition coefficient (Wildman–Crippen LogP) is 3.04. The maximum absolute atomic E-state index is 12.5. The van der Waals surface area contributed by atoms with Crippen LogP contribution in [0.5, 0.6) is 5.75 Å². The van der Waals surface area contributed by atoms with Crippen LogP contribution >= 0.6 is 11.6 Å². The molecule has 1 saturated heterocycles. The minimum Gasteiger partial charge on any atom is -0.467 e. The Kier molecular flexibility index (Phi) is 3.02. The summed E-state index contributed by atoms with van der Waals surface area (Å²) < 4.78 is 6.25. The molecule has 1 aromatic rings. The highest BCUT2D eigenvalue weighted by Crippen LogP contribution is 2.55. The number of benzene rings is 1. The van der Waals surface area contributed by atoms with Crippen LogP contribution in [0, 0.1) is 11.8 Å². The summed E-state index contributed by atoms with van der Waals surface area (Å²) in [4.78, 5) is 24.7. The average molecular weight is 320 g/mol. The molecule has 2 fully saturated rings. The van der Waals surface area contributed by atoms with Crippen LogP contribution in [-0.4, -0.2) is 17.4 Å². The Labute approximate surface area is 134 Å². The average Bonchev–Trinajstić information content (AvgIpc) is 2.46. The molecule has 1 aliphatic carbocycles. The quantitative estimate of drug-likeness (QED) is 0.809. The number of fused-ring (bicyclic) bond motifs is 2. The van der Waals surface area contributed by atoms with Crippen LogP contribution in [0.3, 0.4) is 0 Å². The highest BCUT2D eigenvalue weighted by Gasteiger charge is 2.60. The minimum absolute atomic E-state index is 0.0884. The van der Waals surface area contributed by atoms with Gasteiger partial charge in [-0.1, -0.05) is 18.0 Å². The third-order valence-corrected chi connectivity index (χ3v) is 5.62. The van der Waals surface area contributed by atoms with E-state index in [1.165, 1.54) is 6.92 Å². The van der Waals surface area contributed by atoms with Gasteiger partial charge in [0.05, 0.1) is 0 Å². The fourth-order valence-corrected chi connectivity index (χ4v) is 4.71. The summed E-state index contributed by atoms with van der Waals surface area (Å²) in [6.07, 6.45) is 3.88. The molecule has 1 aromatic carbocycles. The monoisotopic (exact) mass is 319 g/mol. The first-order valence-corrected chi connectivity index (χ1v) is 8.20. The Hall–Kier alpha value is -1.55. The zero-order valence-corrected chi connectivity index (χ0v) is 13.2. The minimum atomic E-state index is -0.646. The van der Waals surface area contributed by atoms with Crippen molar-refractivity contribution in [3.63, 3.8) is 0 Å². The second-order valence-electron chi connectivity index (χ2n) is 6.63. The normalized spacial score (nSPS) is 35.7. The number of nitrogens with one attached hydrogen (secondary N) is 1. The lowest BCUT2D eigenvalue weighted by atomic mass is 9.61. The fourth-order valence-electron chi connectivity index (χ4n) is 4.53. The van der Waals surface area contributed by atoms with Crippen molar-refractivity contribution in [2.45, 2.75) is 44.2 Å². The van der Waals surface area contributed by atoms with Gasteiger partial charge in [-0.3, -0.25) is 9.59 Å². The Morgan fingerprint density at radius 3 is 3.00 bits per heavy atom. The van der Waals surface area contributed by atoms with E-state index in [2.05, 4.69) is 5.32 Å². The summed E-state index contributed by atoms with van der Waals surface area (Å²) in [5.41, 5.74) is 0.261. The molecule has 4 atom stereocenters. The first-order valence-electron chi connectivity index (χ1n) is 7.83. The number of hydrogen-bond acceptors (Lipinski definition) is 3. The molecule has 2 bridgehead atoms. The molecular formula is C17H18ClNO3. The van der Waals surface area contributed by atoms with Gasteiger partial charge in [0.2, 0.25) is 5.91 Å². The maximum atomic E-state index is 12.5. The lowest BCUT2D eigenvalue weighted by molar-refractivity contribution is -0.160. The van der Waals surface area contributed by atoms with Gasteiger partial charge >= 0.3 is 0 Å². The molecule has 0 aromatic heterocycles. The second kappa shape index (κ2) is 4.72. The van der Waals surface area contributed by atoms with E-state index < -0.39 is 11.6 Å². The first kappa shape index (κ1) is 14.1. The summed E-state index contributed by atoms with van der Waals surface area (Å²) in [5, 5.41) is 3.65. The van der Waals surface area contributed by atoms with Gasteiger partial charge in [0, 0.05) is 28.8 Å². The lowest BCUT2D eigenvalue weighted by Gasteiger charge is -2.56. The molecule has 1 saturated carbocycles. The fraction of sp³-hybridized carbons (Fsp3) is 0.529. The van der Waals surface area contributed by atoms with Gasteiger partial charge in [-0.2, -0.15) is 0 Å². The zero-order chi connectivity index (χ0) is 15.5. The molecule has 116 valence electrons. The number of piperidine rings is 1. The van der Waals surface area contributed by atoms with Crippen LogP contribution in [0.4, 0.5) is 0 Å². The third-order valence-electron chi connectivity index (χ3n) is 5.38. The van der Waals surface area contributed by atoms with E-state index in [-0.39, 0.29) is 23.5 Å². The highest BCUT2D eigenvalue weighted by molar-refractivity contribution is 6.30. The molecule has 1 amide bonds. The largest absolute Gasteiger partial charge is 0.467 e. The van der Waals surface area contributed by atoms with Crippen LogP contribution in [0.25, 0.3) is 0 Å². The zero-order valence-electron chi connectivity index (χ0n) is 12.4. The van der Waals surface area contributed by atoms with Crippen LogP contribution in [-0.2, 0) is 9.59 Å². The lowest BCUT2D eigenvalue weighted by Crippen LogP contribution is -2.69. The molecule has 22 heavy (non-hydrogen) atoms. The molecule has 0 spiro atoms. The Bertz CT molecular complexity index is 674. The number of carbonyl (C=O) groups is 2. The van der Waals surface area contributed by atoms with Crippen molar-refractivity contribution in [1.29, 1.82) is 0 Å². The van der Waals surface area contributed by atoms with Gasteiger partial charge in [0.15, 0.2) is 5.72 Å². The SMILES string of the molecule is CC(=O)[C@@H]1C(=O)N[C@@]23CCCC[C@@H]2[C@@H]1c1cc(Cl)ccc1O3. The molecule has 4 rings (SSSR count). The van der Waals surface area contributed by atoms with Gasteiger partial charge in [-0.25, -0.2) is 0 Å². The van der Waals surface area contributed by atoms with Crippen LogP contribution in [0.15, 0.2) is 18.2 Å². The van der Waals surface area contributed by atoms with Crippen molar-refractivity contribution in [2.24, 2.45) is 11.8 Å². The summed E-state index contributed by atoms with van der Waals surface area (Å²) in [7, 11) is 0. The van der Waals surface area contributed by atoms with E-state index in [1.54, 1.807) is 6.07 Å². The summed E-state index contributed by atoms with van der Waals surface area (Å²) >= 11 is 6.15. The molecule has 5 heteroatoms. The van der Waals surface area contributed by atoms with E-state index in [4.69, 9.17) is 16.3 Å². The number of carbonyl (C=O) groups excluding carboxylic acids is 2. The van der Waals surface area contributed by atoms with Gasteiger partial charge in [0.1, 0.15) is 17.5 Å². The number of rotatable bonds is 1. The number of hydrogen-bond donors (Lipinski definition) is 1. The molecule has 0 unspecified atom stereocenters. The molecule has 2 heterocycles. The van der Waals surface area contributed by atoms with Gasteiger partial charge in [0.25, 0.3) is 0 Å². The standard InChI is InChI=1S/C17H18ClNO3/c1-9(20)14-15-11-8-10(18)5-6-13(11)22-17(19-16(14)21)7-3-2-4-12(15)17/h5-6,8,12,14-15H,2-4,7H2,1H3,(H,19,21)/t12-,14+,15+,17-/m1/s1. The summed E-state index contributed by atoms with van der Waals surface area (Å²) in [6.45, 7) is 1.50. The van der Waals surface area contributed by atoms with Crippen molar-refractivity contribution < 1.29 is 14.3 Å². The van der Waals surface area contributed by atoms with E-state index in [9.17, 15) is 9.59 Å². The maximum Gasteiger partial charge on any atom is 0.234 e. The van der Waals surface area contributed by atoms with E-state index >= 15 is 0 Å². The van der Waals surface area contributed by atoms with Crippen molar-refractivity contribution in [1.82, 2.24) is 5.32 Å². The van der Waals surface area contributed by atoms with Gasteiger partial charge in [-0.15, -0.1) is 0 Å². The van der Waals surface area contributed by atoms with Crippen LogP contribution in [0.1, 0.15) is 44.1 Å². The first-order chi connectivity index (χ1) is 10.5. The second-order valence-corrected chi connectivity index (χ2v) is 7.07. The van der Waals surface area contributed by atoms with E-state index in [0.29, 0.717) is 5.02 Å². The number of Topliss-reactive ketones (excluding diaryl/α,β-unsaturated/α-hetero) is 1. The molecule has 3 aliphatic rings. The van der Waals surface area contributed by atoms with Crippen molar-refractivity contribution in [3.8, 4) is 5.75 Å². The number of ketones is 1. The third kappa shape index (κ3) is 1.83.